The molecule has 0 bridgehead atoms. The second kappa shape index (κ2) is 5.01. The van der Waals surface area contributed by atoms with Crippen molar-refractivity contribution in [2.45, 2.75) is 14.7 Å². The molecule has 0 atom stereocenters. The number of nitrogens with two attached hydrogens (primary N) is 2. The molecule has 2 aromatic carbocycles. The van der Waals surface area contributed by atoms with Crippen LogP contribution >= 0.6 is 11.8 Å². The van der Waals surface area contributed by atoms with Crippen molar-refractivity contribution in [3.05, 3.63) is 48.5 Å². The zero-order chi connectivity index (χ0) is 13.2. The van der Waals surface area contributed by atoms with Crippen LogP contribution in [0.2, 0.25) is 0 Å². The second-order valence-electron chi connectivity index (χ2n) is 3.66. The van der Waals surface area contributed by atoms with E-state index in [4.69, 9.17) is 10.9 Å². The Morgan fingerprint density at radius 2 is 1.67 bits per heavy atom. The molecule has 0 heterocycles. The van der Waals surface area contributed by atoms with E-state index >= 15 is 0 Å². The Bertz CT molecular complexity index is 655. The molecule has 6 heteroatoms. The minimum atomic E-state index is -3.70. The number of nitrogen functional groups attached to an aromatic ring is 1. The van der Waals surface area contributed by atoms with E-state index in [1.165, 1.54) is 23.9 Å². The van der Waals surface area contributed by atoms with Crippen LogP contribution in [-0.2, 0) is 10.0 Å². The van der Waals surface area contributed by atoms with Gasteiger partial charge in [0.05, 0.1) is 4.90 Å². The minimum absolute atomic E-state index is 0.0649. The molecule has 0 radical (unpaired) electrons. The fourth-order valence-corrected chi connectivity index (χ4v) is 2.93. The summed E-state index contributed by atoms with van der Waals surface area (Å²) in [6.07, 6.45) is 0. The highest BCUT2D eigenvalue weighted by Gasteiger charge is 2.11. The molecule has 0 aliphatic rings. The third kappa shape index (κ3) is 3.04. The summed E-state index contributed by atoms with van der Waals surface area (Å²) in [4.78, 5) is 1.72. The highest BCUT2D eigenvalue weighted by atomic mass is 32.2. The normalized spacial score (nSPS) is 11.4. The molecule has 18 heavy (non-hydrogen) atoms. The van der Waals surface area contributed by atoms with Crippen LogP contribution in [0.5, 0.6) is 0 Å². The molecule has 94 valence electrons. The first kappa shape index (κ1) is 12.9. The first-order chi connectivity index (χ1) is 8.47. The number of rotatable bonds is 3. The lowest BCUT2D eigenvalue weighted by Crippen LogP contribution is -2.12. The molecule has 0 amide bonds. The zero-order valence-electron chi connectivity index (χ0n) is 9.41. The van der Waals surface area contributed by atoms with Crippen molar-refractivity contribution in [1.29, 1.82) is 0 Å². The Balaban J connectivity index is 2.39. The summed E-state index contributed by atoms with van der Waals surface area (Å²) >= 11 is 1.40. The van der Waals surface area contributed by atoms with E-state index in [9.17, 15) is 8.42 Å². The van der Waals surface area contributed by atoms with Crippen LogP contribution in [0.1, 0.15) is 0 Å². The molecule has 2 aromatic rings. The number of anilines is 1. The maximum atomic E-state index is 11.3. The zero-order valence-corrected chi connectivity index (χ0v) is 11.0. The fourth-order valence-electron chi connectivity index (χ4n) is 1.40. The standard InChI is InChI=1S/C12H12N2O2S2/c13-11-7-6-10(18(14,15)16)8-12(11)17-9-4-2-1-3-5-9/h1-8H,13H2,(H2,14,15,16). The van der Waals surface area contributed by atoms with E-state index < -0.39 is 10.0 Å². The van der Waals surface area contributed by atoms with E-state index in [0.717, 1.165) is 4.90 Å². The average molecular weight is 280 g/mol. The van der Waals surface area contributed by atoms with Gasteiger partial charge in [-0.3, -0.25) is 0 Å². The van der Waals surface area contributed by atoms with E-state index in [2.05, 4.69) is 0 Å². The third-order valence-electron chi connectivity index (χ3n) is 2.28. The highest BCUT2D eigenvalue weighted by molar-refractivity contribution is 7.99. The number of benzene rings is 2. The lowest BCUT2D eigenvalue weighted by atomic mass is 10.3. The Labute approximate surface area is 110 Å². The Morgan fingerprint density at radius 1 is 1.00 bits per heavy atom. The predicted molar refractivity (Wildman–Crippen MR) is 72.8 cm³/mol. The number of primary sulfonamides is 1. The summed E-state index contributed by atoms with van der Waals surface area (Å²) in [6.45, 7) is 0. The van der Waals surface area contributed by atoms with Crippen molar-refractivity contribution in [1.82, 2.24) is 0 Å². The molecule has 0 fully saturated rings. The summed E-state index contributed by atoms with van der Waals surface area (Å²) in [5.74, 6) is 0. The third-order valence-corrected chi connectivity index (χ3v) is 4.28. The van der Waals surface area contributed by atoms with Crippen molar-refractivity contribution in [3.8, 4) is 0 Å². The lowest BCUT2D eigenvalue weighted by molar-refractivity contribution is 0.597. The van der Waals surface area contributed by atoms with Crippen molar-refractivity contribution in [3.63, 3.8) is 0 Å². The molecular formula is C12H12N2O2S2. The van der Waals surface area contributed by atoms with Crippen LogP contribution in [-0.4, -0.2) is 8.42 Å². The fraction of sp³-hybridized carbons (Fsp3) is 0. The first-order valence-electron chi connectivity index (χ1n) is 5.12. The van der Waals surface area contributed by atoms with Gasteiger partial charge in [0, 0.05) is 15.5 Å². The highest BCUT2D eigenvalue weighted by Crippen LogP contribution is 2.33. The molecule has 0 saturated carbocycles. The summed E-state index contributed by atoms with van der Waals surface area (Å²) in [7, 11) is -3.70. The molecule has 4 nitrogen and oxygen atoms in total. The van der Waals surface area contributed by atoms with Crippen LogP contribution in [0.25, 0.3) is 0 Å². The van der Waals surface area contributed by atoms with Crippen molar-refractivity contribution in [2.24, 2.45) is 5.14 Å². The van der Waals surface area contributed by atoms with E-state index in [0.29, 0.717) is 10.6 Å². The second-order valence-corrected chi connectivity index (χ2v) is 6.34. The van der Waals surface area contributed by atoms with Crippen molar-refractivity contribution < 1.29 is 8.42 Å². The lowest BCUT2D eigenvalue weighted by Gasteiger charge is -2.07. The van der Waals surface area contributed by atoms with Gasteiger partial charge in [0.2, 0.25) is 10.0 Å². The van der Waals surface area contributed by atoms with E-state index in [-0.39, 0.29) is 4.90 Å². The summed E-state index contributed by atoms with van der Waals surface area (Å²) < 4.78 is 22.6. The van der Waals surface area contributed by atoms with Gasteiger partial charge in [0.25, 0.3) is 0 Å². The van der Waals surface area contributed by atoms with Crippen molar-refractivity contribution >= 4 is 27.5 Å². The van der Waals surface area contributed by atoms with Crippen molar-refractivity contribution in [2.75, 3.05) is 5.73 Å². The van der Waals surface area contributed by atoms with Gasteiger partial charge in [-0.15, -0.1) is 0 Å². The topological polar surface area (TPSA) is 86.2 Å². The predicted octanol–water partition coefficient (Wildman–Crippen LogP) is 2.07. The van der Waals surface area contributed by atoms with Crippen LogP contribution in [0.4, 0.5) is 5.69 Å². The largest absolute Gasteiger partial charge is 0.398 e. The van der Waals surface area contributed by atoms with E-state index in [1.807, 2.05) is 30.3 Å². The first-order valence-corrected chi connectivity index (χ1v) is 7.48. The Kier molecular flexibility index (Phi) is 3.60. The van der Waals surface area contributed by atoms with Gasteiger partial charge < -0.3 is 5.73 Å². The maximum Gasteiger partial charge on any atom is 0.238 e. The number of sulfonamides is 1. The average Bonchev–Trinajstić information content (AvgIpc) is 2.32. The monoisotopic (exact) mass is 280 g/mol. The van der Waals surface area contributed by atoms with Crippen LogP contribution in [0.3, 0.4) is 0 Å². The molecule has 0 unspecified atom stereocenters. The molecule has 0 aliphatic heterocycles. The molecule has 4 N–H and O–H groups in total. The summed E-state index contributed by atoms with van der Waals surface area (Å²) in [6, 6.07) is 14.0. The van der Waals surface area contributed by atoms with Gasteiger partial charge in [-0.05, 0) is 30.3 Å². The number of hydrogen-bond donors (Lipinski definition) is 2. The maximum absolute atomic E-state index is 11.3. The van der Waals surface area contributed by atoms with Gasteiger partial charge in [-0.1, -0.05) is 30.0 Å². The summed E-state index contributed by atoms with van der Waals surface area (Å²) in [5, 5.41) is 5.09. The van der Waals surface area contributed by atoms with Gasteiger partial charge in [-0.2, -0.15) is 0 Å². The van der Waals surface area contributed by atoms with Gasteiger partial charge in [-0.25, -0.2) is 13.6 Å². The Hall–Kier alpha value is -1.50. The van der Waals surface area contributed by atoms with Crippen LogP contribution < -0.4 is 10.9 Å². The SMILES string of the molecule is Nc1ccc(S(N)(=O)=O)cc1Sc1ccccc1. The quantitative estimate of drug-likeness (QED) is 0.843. The van der Waals surface area contributed by atoms with Crippen LogP contribution in [0.15, 0.2) is 63.2 Å². The minimum Gasteiger partial charge on any atom is -0.398 e. The van der Waals surface area contributed by atoms with Gasteiger partial charge in [0.15, 0.2) is 0 Å². The molecule has 0 aromatic heterocycles. The summed E-state index contributed by atoms with van der Waals surface area (Å²) in [5.41, 5.74) is 6.35. The Morgan fingerprint density at radius 3 is 2.28 bits per heavy atom. The smallest absolute Gasteiger partial charge is 0.238 e. The molecule has 2 rings (SSSR count). The molecule has 0 spiro atoms. The van der Waals surface area contributed by atoms with Gasteiger partial charge >= 0.3 is 0 Å². The van der Waals surface area contributed by atoms with Gasteiger partial charge in [0.1, 0.15) is 0 Å². The van der Waals surface area contributed by atoms with Crippen LogP contribution in [0, 0.1) is 0 Å². The molecule has 0 aliphatic carbocycles. The molecule has 0 saturated heterocycles. The number of hydrogen-bond acceptors (Lipinski definition) is 4. The molecular weight excluding hydrogens is 268 g/mol. The van der Waals surface area contributed by atoms with E-state index in [1.54, 1.807) is 6.07 Å².